The molecule has 0 aromatic heterocycles. The Morgan fingerprint density at radius 2 is 1.88 bits per heavy atom. The molecule has 0 aliphatic rings. The lowest BCUT2D eigenvalue weighted by Gasteiger charge is -2.16. The van der Waals surface area contributed by atoms with Crippen molar-refractivity contribution in [2.24, 2.45) is 0 Å². The van der Waals surface area contributed by atoms with E-state index in [0.29, 0.717) is 10.4 Å². The number of halogens is 3. The summed E-state index contributed by atoms with van der Waals surface area (Å²) in [7, 11) is -1.81. The highest BCUT2D eigenvalue weighted by Crippen LogP contribution is 2.34. The molecule has 0 N–H and O–H groups in total. The first-order chi connectivity index (χ1) is 7.17. The van der Waals surface area contributed by atoms with Gasteiger partial charge in [0.25, 0.3) is 0 Å². The van der Waals surface area contributed by atoms with Gasteiger partial charge in [0.15, 0.2) is 0 Å². The van der Waals surface area contributed by atoms with Crippen molar-refractivity contribution in [2.75, 3.05) is 14.1 Å². The summed E-state index contributed by atoms with van der Waals surface area (Å²) in [6.45, 7) is 0. The van der Waals surface area contributed by atoms with Crippen LogP contribution in [0.1, 0.15) is 5.56 Å². The molecule has 0 saturated carbocycles. The van der Waals surface area contributed by atoms with Crippen molar-refractivity contribution in [2.45, 2.75) is 11.1 Å². The van der Waals surface area contributed by atoms with Gasteiger partial charge < -0.3 is 0 Å². The zero-order valence-corrected chi connectivity index (χ0v) is 9.35. The summed E-state index contributed by atoms with van der Waals surface area (Å²) in [5.74, 6) is 0. The van der Waals surface area contributed by atoms with Gasteiger partial charge in [-0.1, -0.05) is 12.1 Å². The van der Waals surface area contributed by atoms with E-state index in [-0.39, 0.29) is 0 Å². The lowest BCUT2D eigenvalue weighted by atomic mass is 10.2. The minimum absolute atomic E-state index is 0.715. The smallest absolute Gasteiger partial charge is 0.207 e. The third-order valence-electron chi connectivity index (χ3n) is 1.86. The lowest BCUT2D eigenvalue weighted by Crippen LogP contribution is -2.25. The number of benzene rings is 1. The van der Waals surface area contributed by atoms with Crippen LogP contribution in [0.15, 0.2) is 23.1 Å². The number of rotatable bonds is 2. The average Bonchev–Trinajstić information content (AvgIpc) is 2.16. The van der Waals surface area contributed by atoms with Crippen LogP contribution in [-0.4, -0.2) is 26.8 Å². The summed E-state index contributed by atoms with van der Waals surface area (Å²) < 4.78 is 61.5. The van der Waals surface area contributed by atoms with Crippen LogP contribution in [-0.2, 0) is 16.2 Å². The molecule has 0 atom stereocenters. The van der Waals surface area contributed by atoms with Crippen LogP contribution in [0.4, 0.5) is 13.2 Å². The van der Waals surface area contributed by atoms with Gasteiger partial charge in [-0.05, 0) is 6.07 Å². The second kappa shape index (κ2) is 4.06. The van der Waals surface area contributed by atoms with Gasteiger partial charge in [0, 0.05) is 20.2 Å². The Labute approximate surface area is 91.5 Å². The molecule has 3 nitrogen and oxygen atoms in total. The molecule has 0 bridgehead atoms. The fourth-order valence-electron chi connectivity index (χ4n) is 1.04. The number of sulfonamides is 1. The van der Waals surface area contributed by atoms with Crippen molar-refractivity contribution >= 4 is 10.0 Å². The monoisotopic (exact) mass is 252 g/mol. The molecular weight excluding hydrogens is 243 g/mol. The third-order valence-corrected chi connectivity index (χ3v) is 3.68. The highest BCUT2D eigenvalue weighted by Gasteiger charge is 2.37. The minimum atomic E-state index is -4.71. The van der Waals surface area contributed by atoms with E-state index >= 15 is 0 Å². The molecular formula is C9H9F3NO2S. The van der Waals surface area contributed by atoms with Crippen LogP contribution in [0, 0.1) is 6.07 Å². The second-order valence-electron chi connectivity index (χ2n) is 3.20. The van der Waals surface area contributed by atoms with Crippen molar-refractivity contribution < 1.29 is 21.6 Å². The zero-order chi connectivity index (χ0) is 12.6. The SMILES string of the molecule is CN(C)S(=O)(=O)c1[c]cccc1C(F)(F)F. The Balaban J connectivity index is 3.48. The number of hydrogen-bond donors (Lipinski definition) is 0. The maximum Gasteiger partial charge on any atom is 0.417 e. The van der Waals surface area contributed by atoms with Gasteiger partial charge in [-0.3, -0.25) is 0 Å². The molecule has 1 aromatic carbocycles. The first kappa shape index (κ1) is 13.0. The third kappa shape index (κ3) is 2.35. The predicted molar refractivity (Wildman–Crippen MR) is 51.2 cm³/mol. The van der Waals surface area contributed by atoms with Gasteiger partial charge in [0.05, 0.1) is 5.56 Å². The molecule has 1 radical (unpaired) electrons. The fourth-order valence-corrected chi connectivity index (χ4v) is 2.08. The van der Waals surface area contributed by atoms with Gasteiger partial charge >= 0.3 is 6.18 Å². The molecule has 0 fully saturated rings. The lowest BCUT2D eigenvalue weighted by molar-refractivity contribution is -0.139. The summed E-state index contributed by atoms with van der Waals surface area (Å²) in [6.07, 6.45) is -4.71. The molecule has 0 aliphatic carbocycles. The zero-order valence-electron chi connectivity index (χ0n) is 8.54. The summed E-state index contributed by atoms with van der Waals surface area (Å²) >= 11 is 0. The topological polar surface area (TPSA) is 37.4 Å². The van der Waals surface area contributed by atoms with E-state index in [0.717, 1.165) is 26.2 Å². The van der Waals surface area contributed by atoms with E-state index in [1.54, 1.807) is 0 Å². The first-order valence-electron chi connectivity index (χ1n) is 4.18. The van der Waals surface area contributed by atoms with Gasteiger partial charge in [-0.15, -0.1) is 0 Å². The summed E-state index contributed by atoms with van der Waals surface area (Å²) in [4.78, 5) is -0.854. The minimum Gasteiger partial charge on any atom is -0.207 e. The number of nitrogens with zero attached hydrogens (tertiary/aromatic N) is 1. The van der Waals surface area contributed by atoms with E-state index < -0.39 is 26.7 Å². The average molecular weight is 252 g/mol. The molecule has 7 heteroatoms. The number of alkyl halides is 3. The molecule has 0 amide bonds. The van der Waals surface area contributed by atoms with Gasteiger partial charge in [-0.25, -0.2) is 12.7 Å². The number of hydrogen-bond acceptors (Lipinski definition) is 2. The largest absolute Gasteiger partial charge is 0.417 e. The van der Waals surface area contributed by atoms with Crippen molar-refractivity contribution in [1.82, 2.24) is 4.31 Å². The van der Waals surface area contributed by atoms with E-state index in [1.165, 1.54) is 0 Å². The summed E-state index contributed by atoms with van der Waals surface area (Å²) in [5.41, 5.74) is -1.20. The van der Waals surface area contributed by atoms with Crippen LogP contribution in [0.5, 0.6) is 0 Å². The molecule has 16 heavy (non-hydrogen) atoms. The summed E-state index contributed by atoms with van der Waals surface area (Å²) in [5, 5.41) is 0. The van der Waals surface area contributed by atoms with E-state index in [1.807, 2.05) is 0 Å². The van der Waals surface area contributed by atoms with Crippen LogP contribution in [0.3, 0.4) is 0 Å². The highest BCUT2D eigenvalue weighted by molar-refractivity contribution is 7.89. The molecule has 1 rings (SSSR count). The second-order valence-corrected chi connectivity index (χ2v) is 5.29. The predicted octanol–water partition coefficient (Wildman–Crippen LogP) is 1.76. The molecule has 0 heterocycles. The van der Waals surface area contributed by atoms with E-state index in [9.17, 15) is 21.6 Å². The van der Waals surface area contributed by atoms with Crippen molar-refractivity contribution in [3.8, 4) is 0 Å². The maximum absolute atomic E-state index is 12.5. The van der Waals surface area contributed by atoms with Gasteiger partial charge in [0.1, 0.15) is 4.90 Å². The first-order valence-corrected chi connectivity index (χ1v) is 5.62. The van der Waals surface area contributed by atoms with Gasteiger partial charge in [-0.2, -0.15) is 13.2 Å². The van der Waals surface area contributed by atoms with Crippen molar-refractivity contribution in [1.29, 1.82) is 0 Å². The van der Waals surface area contributed by atoms with E-state index in [4.69, 9.17) is 0 Å². The normalized spacial score (nSPS) is 13.1. The Kier molecular flexibility index (Phi) is 3.30. The highest BCUT2D eigenvalue weighted by atomic mass is 32.2. The fraction of sp³-hybridized carbons (Fsp3) is 0.333. The Hall–Kier alpha value is -1.08. The van der Waals surface area contributed by atoms with Crippen LogP contribution in [0.2, 0.25) is 0 Å². The van der Waals surface area contributed by atoms with Crippen molar-refractivity contribution in [3.63, 3.8) is 0 Å². The Morgan fingerprint density at radius 1 is 1.31 bits per heavy atom. The standard InChI is InChI=1S/C9H9F3NO2S/c1-13(2)16(14,15)8-6-4-3-5-7(8)9(10,11)12/h3-5H,1-2H3. The van der Waals surface area contributed by atoms with Crippen molar-refractivity contribution in [3.05, 3.63) is 29.8 Å². The molecule has 0 unspecified atom stereocenters. The Morgan fingerprint density at radius 3 is 2.31 bits per heavy atom. The van der Waals surface area contributed by atoms with Gasteiger partial charge in [0.2, 0.25) is 10.0 Å². The van der Waals surface area contributed by atoms with Crippen LogP contribution < -0.4 is 0 Å². The van der Waals surface area contributed by atoms with Crippen LogP contribution in [0.25, 0.3) is 0 Å². The Bertz CT molecular complexity index is 480. The summed E-state index contributed by atoms with van der Waals surface area (Å²) in [6, 6.07) is 5.06. The quantitative estimate of drug-likeness (QED) is 0.804. The molecule has 0 aliphatic heterocycles. The van der Waals surface area contributed by atoms with E-state index in [2.05, 4.69) is 6.07 Å². The maximum atomic E-state index is 12.5. The molecule has 0 spiro atoms. The molecule has 89 valence electrons. The molecule has 1 aromatic rings. The molecule has 0 saturated heterocycles. The van der Waals surface area contributed by atoms with Crippen LogP contribution >= 0.6 is 0 Å².